The zero-order valence-electron chi connectivity index (χ0n) is 7.87. The van der Waals surface area contributed by atoms with Gasteiger partial charge in [0.1, 0.15) is 0 Å². The molecule has 0 spiro atoms. The van der Waals surface area contributed by atoms with Crippen molar-refractivity contribution >= 4 is 16.0 Å². The van der Waals surface area contributed by atoms with E-state index in [1.165, 1.54) is 7.11 Å². The fourth-order valence-electron chi connectivity index (χ4n) is 0.801. The molecular formula is C7H15NO4S. The van der Waals surface area contributed by atoms with Crippen molar-refractivity contribution in [2.45, 2.75) is 19.8 Å². The molecule has 0 aliphatic heterocycles. The van der Waals surface area contributed by atoms with Crippen LogP contribution in [-0.4, -0.2) is 33.8 Å². The van der Waals surface area contributed by atoms with Gasteiger partial charge in [0.25, 0.3) is 0 Å². The van der Waals surface area contributed by atoms with Gasteiger partial charge in [0, 0.05) is 13.0 Å². The van der Waals surface area contributed by atoms with E-state index >= 15 is 0 Å². The molecule has 0 heterocycles. The summed E-state index contributed by atoms with van der Waals surface area (Å²) < 4.78 is 28.8. The lowest BCUT2D eigenvalue weighted by Crippen LogP contribution is -2.26. The van der Waals surface area contributed by atoms with Crippen molar-refractivity contribution in [2.24, 2.45) is 0 Å². The number of hydrogen-bond acceptors (Lipinski definition) is 4. The summed E-state index contributed by atoms with van der Waals surface area (Å²) in [5, 5.41) is 0. The Morgan fingerprint density at radius 3 is 2.54 bits per heavy atom. The van der Waals surface area contributed by atoms with Crippen LogP contribution in [0.25, 0.3) is 0 Å². The highest BCUT2D eigenvalue weighted by molar-refractivity contribution is 7.89. The number of ether oxygens (including phenoxy) is 1. The summed E-state index contributed by atoms with van der Waals surface area (Å²) in [5.41, 5.74) is 0. The number of sulfonamides is 1. The molecule has 5 nitrogen and oxygen atoms in total. The standard InChI is InChI=1S/C7H15NO4S/c1-3-8-13(10,11)6-4-5-7(9)12-2/h8H,3-6H2,1-2H3. The van der Waals surface area contributed by atoms with Crippen molar-refractivity contribution < 1.29 is 17.9 Å². The molecule has 0 saturated heterocycles. The minimum Gasteiger partial charge on any atom is -0.469 e. The smallest absolute Gasteiger partial charge is 0.305 e. The van der Waals surface area contributed by atoms with Crippen molar-refractivity contribution in [1.82, 2.24) is 4.72 Å². The van der Waals surface area contributed by atoms with Crippen LogP contribution in [0.2, 0.25) is 0 Å². The van der Waals surface area contributed by atoms with E-state index in [4.69, 9.17) is 0 Å². The Bertz CT molecular complexity index is 247. The van der Waals surface area contributed by atoms with E-state index in [2.05, 4.69) is 9.46 Å². The molecule has 0 bridgehead atoms. The highest BCUT2D eigenvalue weighted by Crippen LogP contribution is 1.95. The Morgan fingerprint density at radius 2 is 2.08 bits per heavy atom. The van der Waals surface area contributed by atoms with Gasteiger partial charge in [-0.3, -0.25) is 4.79 Å². The van der Waals surface area contributed by atoms with Crippen LogP contribution in [0.3, 0.4) is 0 Å². The zero-order valence-corrected chi connectivity index (χ0v) is 8.69. The van der Waals surface area contributed by atoms with Crippen molar-refractivity contribution in [2.75, 3.05) is 19.4 Å². The topological polar surface area (TPSA) is 72.5 Å². The van der Waals surface area contributed by atoms with Crippen LogP contribution in [0.4, 0.5) is 0 Å². The highest BCUT2D eigenvalue weighted by Gasteiger charge is 2.09. The second-order valence-corrected chi connectivity index (χ2v) is 4.42. The molecule has 0 aromatic carbocycles. The summed E-state index contributed by atoms with van der Waals surface area (Å²) in [5.74, 6) is -0.414. The molecule has 0 fully saturated rings. The van der Waals surface area contributed by atoms with Crippen LogP contribution in [-0.2, 0) is 19.6 Å². The van der Waals surface area contributed by atoms with E-state index in [9.17, 15) is 13.2 Å². The van der Waals surface area contributed by atoms with E-state index in [1.807, 2.05) is 0 Å². The lowest BCUT2D eigenvalue weighted by molar-refractivity contribution is -0.140. The Hall–Kier alpha value is -0.620. The average Bonchev–Trinajstić information content (AvgIpc) is 2.03. The highest BCUT2D eigenvalue weighted by atomic mass is 32.2. The summed E-state index contributed by atoms with van der Waals surface area (Å²) in [6.45, 7) is 2.08. The van der Waals surface area contributed by atoms with E-state index in [-0.39, 0.29) is 18.1 Å². The van der Waals surface area contributed by atoms with Crippen molar-refractivity contribution in [1.29, 1.82) is 0 Å². The molecule has 0 rings (SSSR count). The van der Waals surface area contributed by atoms with E-state index in [1.54, 1.807) is 6.92 Å². The lowest BCUT2D eigenvalue weighted by atomic mass is 10.3. The second-order valence-electron chi connectivity index (χ2n) is 2.50. The molecule has 0 atom stereocenters. The Labute approximate surface area is 78.5 Å². The van der Waals surface area contributed by atoms with Crippen LogP contribution >= 0.6 is 0 Å². The summed E-state index contributed by atoms with van der Waals surface area (Å²) in [7, 11) is -1.91. The monoisotopic (exact) mass is 209 g/mol. The Balaban J connectivity index is 3.70. The number of nitrogens with one attached hydrogen (secondary N) is 1. The van der Waals surface area contributed by atoms with Gasteiger partial charge in [-0.2, -0.15) is 0 Å². The third kappa shape index (κ3) is 6.53. The first-order valence-electron chi connectivity index (χ1n) is 4.06. The predicted molar refractivity (Wildman–Crippen MR) is 48.7 cm³/mol. The molecule has 0 aromatic heterocycles. The lowest BCUT2D eigenvalue weighted by Gasteiger charge is -2.02. The minimum absolute atomic E-state index is 0.0318. The summed E-state index contributed by atoms with van der Waals surface area (Å²) >= 11 is 0. The fourth-order valence-corrected chi connectivity index (χ4v) is 1.91. The number of esters is 1. The van der Waals surface area contributed by atoms with E-state index in [0.29, 0.717) is 13.0 Å². The molecule has 0 unspecified atom stereocenters. The van der Waals surface area contributed by atoms with Crippen LogP contribution in [0.1, 0.15) is 19.8 Å². The van der Waals surface area contributed by atoms with Gasteiger partial charge < -0.3 is 4.74 Å². The molecule has 0 saturated carbocycles. The van der Waals surface area contributed by atoms with Crippen LogP contribution < -0.4 is 4.72 Å². The maximum atomic E-state index is 11.0. The summed E-state index contributed by atoms with van der Waals surface area (Å²) in [6.07, 6.45) is 0.434. The van der Waals surface area contributed by atoms with Gasteiger partial charge in [-0.15, -0.1) is 0 Å². The summed E-state index contributed by atoms with van der Waals surface area (Å²) in [6, 6.07) is 0. The van der Waals surface area contributed by atoms with Gasteiger partial charge in [0.05, 0.1) is 12.9 Å². The zero-order chi connectivity index (χ0) is 10.3. The molecular weight excluding hydrogens is 194 g/mol. The van der Waals surface area contributed by atoms with E-state index < -0.39 is 10.0 Å². The first kappa shape index (κ1) is 12.4. The molecule has 78 valence electrons. The van der Waals surface area contributed by atoms with Crippen molar-refractivity contribution in [3.63, 3.8) is 0 Å². The number of carbonyl (C=O) groups excluding carboxylic acids is 1. The molecule has 0 aliphatic carbocycles. The first-order valence-corrected chi connectivity index (χ1v) is 5.71. The maximum absolute atomic E-state index is 11.0. The summed E-state index contributed by atoms with van der Waals surface area (Å²) in [4.78, 5) is 10.6. The molecule has 0 radical (unpaired) electrons. The third-order valence-corrected chi connectivity index (χ3v) is 2.94. The largest absolute Gasteiger partial charge is 0.469 e. The average molecular weight is 209 g/mol. The van der Waals surface area contributed by atoms with E-state index in [0.717, 1.165) is 0 Å². The van der Waals surface area contributed by atoms with Gasteiger partial charge in [-0.1, -0.05) is 6.92 Å². The first-order chi connectivity index (χ1) is 6.02. The van der Waals surface area contributed by atoms with Gasteiger partial charge >= 0.3 is 5.97 Å². The number of carbonyl (C=O) groups is 1. The molecule has 13 heavy (non-hydrogen) atoms. The number of methoxy groups -OCH3 is 1. The molecule has 0 aliphatic rings. The molecule has 6 heteroatoms. The molecule has 0 amide bonds. The minimum atomic E-state index is -3.19. The van der Waals surface area contributed by atoms with Gasteiger partial charge in [-0.05, 0) is 6.42 Å². The predicted octanol–water partition coefficient (Wildman–Crippen LogP) is -0.121. The normalized spacial score (nSPS) is 11.2. The molecule has 0 aromatic rings. The maximum Gasteiger partial charge on any atom is 0.305 e. The second kappa shape index (κ2) is 5.93. The Kier molecular flexibility index (Phi) is 5.65. The number of rotatable bonds is 6. The van der Waals surface area contributed by atoms with Gasteiger partial charge in [-0.25, -0.2) is 13.1 Å². The number of hydrogen-bond donors (Lipinski definition) is 1. The van der Waals surface area contributed by atoms with Crippen LogP contribution in [0.15, 0.2) is 0 Å². The van der Waals surface area contributed by atoms with Crippen molar-refractivity contribution in [3.05, 3.63) is 0 Å². The SMILES string of the molecule is CCNS(=O)(=O)CCCC(=O)OC. The Morgan fingerprint density at radius 1 is 1.46 bits per heavy atom. The van der Waals surface area contributed by atoms with Crippen LogP contribution in [0.5, 0.6) is 0 Å². The molecule has 1 N–H and O–H groups in total. The van der Waals surface area contributed by atoms with Gasteiger partial charge in [0.2, 0.25) is 10.0 Å². The fraction of sp³-hybridized carbons (Fsp3) is 0.857. The van der Waals surface area contributed by atoms with Crippen LogP contribution in [0, 0.1) is 0 Å². The third-order valence-electron chi connectivity index (χ3n) is 1.39. The quantitative estimate of drug-likeness (QED) is 0.619. The van der Waals surface area contributed by atoms with Crippen molar-refractivity contribution in [3.8, 4) is 0 Å². The van der Waals surface area contributed by atoms with Gasteiger partial charge in [0.15, 0.2) is 0 Å².